The molecule has 0 N–H and O–H groups in total. The molecule has 1 heterocycles. The maximum absolute atomic E-state index is 13.0. The standard InChI is InChI=1S/C13H15FN2O3/c1-3-7-16(9-12(17)19-4-2)13(18)10-5-6-15-11(14)8-10/h3,5-6,8H,1,4,7,9H2,2H3. The molecule has 0 bridgehead atoms. The molecule has 0 spiro atoms. The lowest BCUT2D eigenvalue weighted by atomic mass is 10.2. The Bertz CT molecular complexity index is 477. The minimum atomic E-state index is -0.750. The van der Waals surface area contributed by atoms with Crippen molar-refractivity contribution in [3.8, 4) is 0 Å². The predicted molar refractivity (Wildman–Crippen MR) is 66.9 cm³/mol. The molecule has 0 aliphatic carbocycles. The lowest BCUT2D eigenvalue weighted by Gasteiger charge is -2.19. The molecule has 1 amide bonds. The quantitative estimate of drug-likeness (QED) is 0.444. The van der Waals surface area contributed by atoms with E-state index in [0.717, 1.165) is 6.07 Å². The lowest BCUT2D eigenvalue weighted by Crippen LogP contribution is -2.36. The normalized spacial score (nSPS) is 9.79. The minimum Gasteiger partial charge on any atom is -0.465 e. The summed E-state index contributed by atoms with van der Waals surface area (Å²) in [5.74, 6) is -1.75. The number of aromatic nitrogens is 1. The van der Waals surface area contributed by atoms with E-state index >= 15 is 0 Å². The highest BCUT2D eigenvalue weighted by molar-refractivity contribution is 5.95. The van der Waals surface area contributed by atoms with Crippen LogP contribution in [-0.2, 0) is 9.53 Å². The molecule has 0 saturated heterocycles. The van der Waals surface area contributed by atoms with E-state index < -0.39 is 17.8 Å². The zero-order valence-electron chi connectivity index (χ0n) is 10.6. The van der Waals surface area contributed by atoms with E-state index in [0.29, 0.717) is 0 Å². The number of hydrogen-bond acceptors (Lipinski definition) is 4. The Labute approximate surface area is 110 Å². The number of rotatable bonds is 6. The molecule has 1 aromatic rings. The highest BCUT2D eigenvalue weighted by Crippen LogP contribution is 2.06. The van der Waals surface area contributed by atoms with E-state index in [9.17, 15) is 14.0 Å². The Morgan fingerprint density at radius 1 is 1.58 bits per heavy atom. The summed E-state index contributed by atoms with van der Waals surface area (Å²) in [5.41, 5.74) is 0.124. The van der Waals surface area contributed by atoms with Crippen LogP contribution < -0.4 is 0 Å². The van der Waals surface area contributed by atoms with Crippen molar-refractivity contribution in [3.05, 3.63) is 42.5 Å². The van der Waals surface area contributed by atoms with Crippen LogP contribution in [0.25, 0.3) is 0 Å². The fourth-order valence-corrected chi connectivity index (χ4v) is 1.46. The molecule has 1 rings (SSSR count). The van der Waals surface area contributed by atoms with E-state index in [2.05, 4.69) is 11.6 Å². The Morgan fingerprint density at radius 3 is 2.89 bits per heavy atom. The molecular formula is C13H15FN2O3. The first-order valence-electron chi connectivity index (χ1n) is 5.75. The van der Waals surface area contributed by atoms with E-state index in [1.165, 1.54) is 23.2 Å². The third kappa shape index (κ3) is 4.50. The van der Waals surface area contributed by atoms with Gasteiger partial charge in [0.1, 0.15) is 6.54 Å². The Balaban J connectivity index is 2.83. The van der Waals surface area contributed by atoms with Crippen LogP contribution >= 0.6 is 0 Å². The average molecular weight is 266 g/mol. The van der Waals surface area contributed by atoms with Gasteiger partial charge in [-0.25, -0.2) is 4.98 Å². The molecule has 0 unspecified atom stereocenters. The average Bonchev–Trinajstić information content (AvgIpc) is 2.37. The first-order chi connectivity index (χ1) is 9.08. The van der Waals surface area contributed by atoms with E-state index in [1.807, 2.05) is 0 Å². The van der Waals surface area contributed by atoms with Crippen LogP contribution in [0.3, 0.4) is 0 Å². The first-order valence-corrected chi connectivity index (χ1v) is 5.75. The zero-order chi connectivity index (χ0) is 14.3. The monoisotopic (exact) mass is 266 g/mol. The molecule has 0 aliphatic heterocycles. The van der Waals surface area contributed by atoms with Crippen LogP contribution in [0.15, 0.2) is 31.0 Å². The van der Waals surface area contributed by atoms with Crippen LogP contribution in [0.5, 0.6) is 0 Å². The van der Waals surface area contributed by atoms with E-state index in [-0.39, 0.29) is 25.3 Å². The number of carbonyl (C=O) groups excluding carboxylic acids is 2. The van der Waals surface area contributed by atoms with E-state index in [4.69, 9.17) is 4.74 Å². The Kier molecular flexibility index (Phi) is 5.66. The molecule has 0 aromatic carbocycles. The number of pyridine rings is 1. The van der Waals surface area contributed by atoms with Gasteiger partial charge in [-0.05, 0) is 13.0 Å². The van der Waals surface area contributed by atoms with Crippen LogP contribution in [-0.4, -0.2) is 41.5 Å². The van der Waals surface area contributed by atoms with Gasteiger partial charge < -0.3 is 9.64 Å². The highest BCUT2D eigenvalue weighted by atomic mass is 19.1. The molecule has 6 heteroatoms. The van der Waals surface area contributed by atoms with Gasteiger partial charge in [0.2, 0.25) is 5.95 Å². The topological polar surface area (TPSA) is 59.5 Å². The van der Waals surface area contributed by atoms with Crippen molar-refractivity contribution in [2.75, 3.05) is 19.7 Å². The predicted octanol–water partition coefficient (Wildman–Crippen LogP) is 1.41. The number of carbonyl (C=O) groups is 2. The summed E-state index contributed by atoms with van der Waals surface area (Å²) in [7, 11) is 0. The molecule has 19 heavy (non-hydrogen) atoms. The van der Waals surface area contributed by atoms with Crippen molar-refractivity contribution in [1.82, 2.24) is 9.88 Å². The van der Waals surface area contributed by atoms with Gasteiger partial charge in [-0.3, -0.25) is 9.59 Å². The molecule has 0 fully saturated rings. The first kappa shape index (κ1) is 14.8. The van der Waals surface area contributed by atoms with Gasteiger partial charge in [0.15, 0.2) is 0 Å². The molecule has 102 valence electrons. The fourth-order valence-electron chi connectivity index (χ4n) is 1.46. The van der Waals surface area contributed by atoms with Crippen LogP contribution in [0.1, 0.15) is 17.3 Å². The lowest BCUT2D eigenvalue weighted by molar-refractivity contribution is -0.143. The van der Waals surface area contributed by atoms with Gasteiger partial charge in [0.25, 0.3) is 5.91 Å². The summed E-state index contributed by atoms with van der Waals surface area (Å²) in [6.45, 7) is 5.39. The van der Waals surface area contributed by atoms with Gasteiger partial charge in [0.05, 0.1) is 6.61 Å². The van der Waals surface area contributed by atoms with Crippen molar-refractivity contribution in [2.45, 2.75) is 6.92 Å². The molecule has 0 atom stereocenters. The van der Waals surface area contributed by atoms with Crippen molar-refractivity contribution >= 4 is 11.9 Å². The maximum atomic E-state index is 13.0. The summed E-state index contributed by atoms with van der Waals surface area (Å²) in [5, 5.41) is 0. The zero-order valence-corrected chi connectivity index (χ0v) is 10.6. The second-order valence-electron chi connectivity index (χ2n) is 3.65. The molecule has 1 aromatic heterocycles. The van der Waals surface area contributed by atoms with Gasteiger partial charge >= 0.3 is 5.97 Å². The largest absolute Gasteiger partial charge is 0.465 e. The number of hydrogen-bond donors (Lipinski definition) is 0. The number of esters is 1. The maximum Gasteiger partial charge on any atom is 0.325 e. The number of amides is 1. The second-order valence-corrected chi connectivity index (χ2v) is 3.65. The van der Waals surface area contributed by atoms with Crippen LogP contribution in [0.4, 0.5) is 4.39 Å². The van der Waals surface area contributed by atoms with Crippen molar-refractivity contribution in [2.24, 2.45) is 0 Å². The van der Waals surface area contributed by atoms with Gasteiger partial charge in [0, 0.05) is 24.4 Å². The smallest absolute Gasteiger partial charge is 0.325 e. The van der Waals surface area contributed by atoms with Crippen LogP contribution in [0.2, 0.25) is 0 Å². The third-order valence-corrected chi connectivity index (χ3v) is 2.24. The highest BCUT2D eigenvalue weighted by Gasteiger charge is 2.18. The molecular weight excluding hydrogens is 251 g/mol. The number of ether oxygens (including phenoxy) is 1. The van der Waals surface area contributed by atoms with E-state index in [1.54, 1.807) is 6.92 Å². The second kappa shape index (κ2) is 7.25. The summed E-state index contributed by atoms with van der Waals surface area (Å²) in [4.78, 5) is 28.1. The SMILES string of the molecule is C=CCN(CC(=O)OCC)C(=O)c1ccnc(F)c1. The van der Waals surface area contributed by atoms with Gasteiger partial charge in [-0.1, -0.05) is 6.08 Å². The van der Waals surface area contributed by atoms with Crippen molar-refractivity contribution in [3.63, 3.8) is 0 Å². The number of nitrogens with zero attached hydrogens (tertiary/aromatic N) is 2. The Morgan fingerprint density at radius 2 is 2.32 bits per heavy atom. The van der Waals surface area contributed by atoms with Crippen molar-refractivity contribution in [1.29, 1.82) is 0 Å². The summed E-state index contributed by atoms with van der Waals surface area (Å²) >= 11 is 0. The number of halogens is 1. The fraction of sp³-hybridized carbons (Fsp3) is 0.308. The molecule has 0 saturated carbocycles. The minimum absolute atomic E-state index is 0.124. The summed E-state index contributed by atoms with van der Waals surface area (Å²) in [6, 6.07) is 2.40. The summed E-state index contributed by atoms with van der Waals surface area (Å²) in [6.07, 6.45) is 2.67. The van der Waals surface area contributed by atoms with Gasteiger partial charge in [-0.2, -0.15) is 4.39 Å². The van der Waals surface area contributed by atoms with Gasteiger partial charge in [-0.15, -0.1) is 6.58 Å². The van der Waals surface area contributed by atoms with Crippen molar-refractivity contribution < 1.29 is 18.7 Å². The van der Waals surface area contributed by atoms with Crippen LogP contribution in [0, 0.1) is 5.95 Å². The molecule has 0 radical (unpaired) electrons. The molecule has 5 nitrogen and oxygen atoms in total. The third-order valence-electron chi connectivity index (χ3n) is 2.24. The molecule has 0 aliphatic rings. The Hall–Kier alpha value is -2.24. The summed E-state index contributed by atoms with van der Waals surface area (Å²) < 4.78 is 17.7.